The van der Waals surface area contributed by atoms with E-state index in [0.717, 1.165) is 17.7 Å². The van der Waals surface area contributed by atoms with Crippen LogP contribution in [-0.4, -0.2) is 17.9 Å². The summed E-state index contributed by atoms with van der Waals surface area (Å²) in [6.07, 6.45) is -3.95. The Balaban J connectivity index is 1.80. The number of carbonyl (C=O) groups excluding carboxylic acids is 2. The Hall–Kier alpha value is -2.83. The molecule has 4 nitrogen and oxygen atoms in total. The van der Waals surface area contributed by atoms with E-state index in [-0.39, 0.29) is 18.0 Å². The van der Waals surface area contributed by atoms with Crippen molar-refractivity contribution in [2.45, 2.75) is 32.0 Å². The van der Waals surface area contributed by atoms with Crippen LogP contribution in [0, 0.1) is 6.92 Å². The quantitative estimate of drug-likeness (QED) is 0.892. The van der Waals surface area contributed by atoms with Gasteiger partial charge in [-0.25, -0.2) is 0 Å². The number of hydrogen-bond acceptors (Lipinski definition) is 2. The topological polar surface area (TPSA) is 49.4 Å². The Morgan fingerprint density at radius 2 is 1.85 bits per heavy atom. The molecule has 2 aromatic carbocycles. The second-order valence-corrected chi connectivity index (χ2v) is 6.22. The van der Waals surface area contributed by atoms with Gasteiger partial charge in [0.2, 0.25) is 11.8 Å². The van der Waals surface area contributed by atoms with E-state index in [0.29, 0.717) is 12.1 Å². The molecule has 2 aromatic rings. The molecule has 1 aliphatic rings. The Morgan fingerprint density at radius 1 is 1.15 bits per heavy atom. The summed E-state index contributed by atoms with van der Waals surface area (Å²) in [5, 5.41) is 2.50. The maximum atomic E-state index is 12.8. The van der Waals surface area contributed by atoms with Crippen LogP contribution in [0.4, 0.5) is 24.5 Å². The number of carbonyl (C=O) groups is 2. The first-order valence-corrected chi connectivity index (χ1v) is 8.12. The van der Waals surface area contributed by atoms with Gasteiger partial charge in [0, 0.05) is 17.8 Å². The molecule has 0 saturated carbocycles. The lowest BCUT2D eigenvalue weighted by Crippen LogP contribution is -2.41. The molecule has 1 unspecified atom stereocenters. The van der Waals surface area contributed by atoms with E-state index in [4.69, 9.17) is 0 Å². The monoisotopic (exact) mass is 362 g/mol. The van der Waals surface area contributed by atoms with Gasteiger partial charge in [-0.2, -0.15) is 13.2 Å². The molecule has 7 heteroatoms. The van der Waals surface area contributed by atoms with Crippen LogP contribution in [0.5, 0.6) is 0 Å². The van der Waals surface area contributed by atoms with Crippen molar-refractivity contribution in [3.05, 3.63) is 59.7 Å². The molecule has 1 heterocycles. The van der Waals surface area contributed by atoms with E-state index in [1.165, 1.54) is 17.0 Å². The van der Waals surface area contributed by atoms with Crippen LogP contribution in [0.15, 0.2) is 48.5 Å². The van der Waals surface area contributed by atoms with E-state index in [9.17, 15) is 22.8 Å². The highest BCUT2D eigenvalue weighted by Gasteiger charge is 2.37. The van der Waals surface area contributed by atoms with Gasteiger partial charge >= 0.3 is 6.18 Å². The summed E-state index contributed by atoms with van der Waals surface area (Å²) in [5.74, 6) is -0.686. The molecule has 1 atom stereocenters. The van der Waals surface area contributed by atoms with Crippen molar-refractivity contribution in [3.8, 4) is 0 Å². The number of hydrogen-bond donors (Lipinski definition) is 1. The van der Waals surface area contributed by atoms with Crippen molar-refractivity contribution in [3.63, 3.8) is 0 Å². The maximum absolute atomic E-state index is 12.8. The van der Waals surface area contributed by atoms with Crippen LogP contribution < -0.4 is 10.2 Å². The van der Waals surface area contributed by atoms with Gasteiger partial charge in [0.15, 0.2) is 0 Å². The first-order valence-electron chi connectivity index (χ1n) is 8.12. The van der Waals surface area contributed by atoms with Crippen molar-refractivity contribution >= 4 is 23.2 Å². The van der Waals surface area contributed by atoms with Gasteiger partial charge in [-0.3, -0.25) is 14.5 Å². The average Bonchev–Trinajstić information content (AvgIpc) is 2.97. The van der Waals surface area contributed by atoms with Gasteiger partial charge in [-0.1, -0.05) is 23.8 Å². The third-order valence-corrected chi connectivity index (χ3v) is 4.28. The smallest absolute Gasteiger partial charge is 0.324 e. The number of anilines is 2. The van der Waals surface area contributed by atoms with Crippen molar-refractivity contribution < 1.29 is 22.8 Å². The van der Waals surface area contributed by atoms with Crippen molar-refractivity contribution in [1.82, 2.24) is 0 Å². The first kappa shape index (κ1) is 18.0. The zero-order valence-corrected chi connectivity index (χ0v) is 14.0. The van der Waals surface area contributed by atoms with Gasteiger partial charge in [0.1, 0.15) is 6.04 Å². The Labute approximate surface area is 148 Å². The molecule has 26 heavy (non-hydrogen) atoms. The third kappa shape index (κ3) is 3.71. The lowest BCUT2D eigenvalue weighted by Gasteiger charge is -2.24. The van der Waals surface area contributed by atoms with Gasteiger partial charge in [-0.05, 0) is 43.7 Å². The van der Waals surface area contributed by atoms with Crippen LogP contribution in [0.25, 0.3) is 0 Å². The zero-order valence-electron chi connectivity index (χ0n) is 14.0. The van der Waals surface area contributed by atoms with E-state index in [2.05, 4.69) is 5.32 Å². The molecule has 1 saturated heterocycles. The van der Waals surface area contributed by atoms with Crippen molar-refractivity contribution in [2.75, 3.05) is 10.2 Å². The molecule has 0 aliphatic carbocycles. The highest BCUT2D eigenvalue weighted by atomic mass is 19.4. The summed E-state index contributed by atoms with van der Waals surface area (Å²) in [7, 11) is 0. The van der Waals surface area contributed by atoms with Crippen LogP contribution in [0.2, 0.25) is 0 Å². The number of benzene rings is 2. The fourth-order valence-electron chi connectivity index (χ4n) is 2.96. The molecule has 0 bridgehead atoms. The number of aryl methyl sites for hydroxylation is 1. The summed E-state index contributed by atoms with van der Waals surface area (Å²) < 4.78 is 38.4. The highest BCUT2D eigenvalue weighted by molar-refractivity contribution is 6.07. The molecule has 3 rings (SSSR count). The lowest BCUT2D eigenvalue weighted by molar-refractivity contribution is -0.137. The number of nitrogens with zero attached hydrogens (tertiary/aromatic N) is 1. The fourth-order valence-corrected chi connectivity index (χ4v) is 2.96. The second-order valence-electron chi connectivity index (χ2n) is 6.22. The molecular formula is C19H17F3N2O2. The van der Waals surface area contributed by atoms with Crippen LogP contribution in [-0.2, 0) is 15.8 Å². The van der Waals surface area contributed by atoms with Crippen LogP contribution in [0.1, 0.15) is 24.0 Å². The highest BCUT2D eigenvalue weighted by Crippen LogP contribution is 2.31. The van der Waals surface area contributed by atoms with Gasteiger partial charge in [0.25, 0.3) is 0 Å². The van der Waals surface area contributed by atoms with Crippen molar-refractivity contribution in [2.24, 2.45) is 0 Å². The summed E-state index contributed by atoms with van der Waals surface area (Å²) in [6, 6.07) is 10.9. The largest absolute Gasteiger partial charge is 0.416 e. The normalized spacial score (nSPS) is 17.5. The molecule has 0 radical (unpaired) electrons. The molecule has 2 amide bonds. The number of rotatable bonds is 3. The molecular weight excluding hydrogens is 345 g/mol. The predicted molar refractivity (Wildman–Crippen MR) is 91.8 cm³/mol. The maximum Gasteiger partial charge on any atom is 0.416 e. The van der Waals surface area contributed by atoms with Gasteiger partial charge in [-0.15, -0.1) is 0 Å². The van der Waals surface area contributed by atoms with Gasteiger partial charge in [0.05, 0.1) is 5.56 Å². The summed E-state index contributed by atoms with van der Waals surface area (Å²) in [5.41, 5.74) is 0.828. The molecule has 1 N–H and O–H groups in total. The minimum absolute atomic E-state index is 0.0491. The standard InChI is InChI=1S/C19H17F3N2O2/c1-12-5-7-15(8-6-12)24-16(9-10-17(24)25)18(26)23-14-4-2-3-13(11-14)19(20,21)22/h2-8,11,16H,9-10H2,1H3,(H,23,26). The van der Waals surface area contributed by atoms with E-state index in [1.54, 1.807) is 12.1 Å². The Kier molecular flexibility index (Phi) is 4.71. The van der Waals surface area contributed by atoms with Gasteiger partial charge < -0.3 is 5.32 Å². The van der Waals surface area contributed by atoms with E-state index in [1.807, 2.05) is 19.1 Å². The van der Waals surface area contributed by atoms with E-state index >= 15 is 0 Å². The van der Waals surface area contributed by atoms with E-state index < -0.39 is 23.7 Å². The Bertz CT molecular complexity index is 831. The molecule has 136 valence electrons. The molecule has 1 aliphatic heterocycles. The third-order valence-electron chi connectivity index (χ3n) is 4.28. The van der Waals surface area contributed by atoms with Crippen LogP contribution >= 0.6 is 0 Å². The zero-order chi connectivity index (χ0) is 18.9. The SMILES string of the molecule is Cc1ccc(N2C(=O)CCC2C(=O)Nc2cccc(C(F)(F)F)c2)cc1. The number of amides is 2. The summed E-state index contributed by atoms with van der Waals surface area (Å²) in [4.78, 5) is 26.2. The second kappa shape index (κ2) is 6.82. The molecule has 0 aromatic heterocycles. The predicted octanol–water partition coefficient (Wildman–Crippen LogP) is 4.15. The molecule has 0 spiro atoms. The average molecular weight is 362 g/mol. The summed E-state index contributed by atoms with van der Waals surface area (Å²) >= 11 is 0. The van der Waals surface area contributed by atoms with Crippen LogP contribution in [0.3, 0.4) is 0 Å². The number of alkyl halides is 3. The number of nitrogens with one attached hydrogen (secondary N) is 1. The fraction of sp³-hybridized carbons (Fsp3) is 0.263. The molecule has 1 fully saturated rings. The van der Waals surface area contributed by atoms with Crippen molar-refractivity contribution in [1.29, 1.82) is 0 Å². The number of halogens is 3. The first-order chi connectivity index (χ1) is 12.3. The Morgan fingerprint density at radius 3 is 2.50 bits per heavy atom. The lowest BCUT2D eigenvalue weighted by atomic mass is 10.1. The minimum Gasteiger partial charge on any atom is -0.324 e. The minimum atomic E-state index is -4.49. The summed E-state index contributed by atoms with van der Waals surface area (Å²) in [6.45, 7) is 1.91.